The summed E-state index contributed by atoms with van der Waals surface area (Å²) in [6.07, 6.45) is 6.57. The molecule has 0 bridgehead atoms. The lowest BCUT2D eigenvalue weighted by Crippen LogP contribution is -2.21. The molecule has 19 heavy (non-hydrogen) atoms. The van der Waals surface area contributed by atoms with Crippen molar-refractivity contribution in [2.75, 3.05) is 0 Å². The largest absolute Gasteiger partial charge is 0.508 e. The Morgan fingerprint density at radius 2 is 1.79 bits per heavy atom. The van der Waals surface area contributed by atoms with Crippen molar-refractivity contribution in [2.24, 2.45) is 5.73 Å². The van der Waals surface area contributed by atoms with Gasteiger partial charge >= 0.3 is 0 Å². The highest BCUT2D eigenvalue weighted by atomic mass is 16.3. The van der Waals surface area contributed by atoms with E-state index in [1.165, 1.54) is 43.2 Å². The fraction of sp³-hybridized carbons (Fsp3) is 0.647. The first-order valence-electron chi connectivity index (χ1n) is 7.50. The number of hydrogen-bond donors (Lipinski definition) is 2. The fourth-order valence-corrected chi connectivity index (χ4v) is 3.50. The summed E-state index contributed by atoms with van der Waals surface area (Å²) in [6, 6.07) is 3.96. The van der Waals surface area contributed by atoms with Crippen molar-refractivity contribution in [1.82, 2.24) is 0 Å². The maximum Gasteiger partial charge on any atom is 0.120 e. The van der Waals surface area contributed by atoms with Gasteiger partial charge in [-0.2, -0.15) is 0 Å². The van der Waals surface area contributed by atoms with Crippen LogP contribution in [0.25, 0.3) is 0 Å². The van der Waals surface area contributed by atoms with Crippen LogP contribution >= 0.6 is 0 Å². The Hall–Kier alpha value is -1.02. The van der Waals surface area contributed by atoms with Crippen LogP contribution in [0.2, 0.25) is 0 Å². The second-order valence-electron chi connectivity index (χ2n) is 6.82. The smallest absolute Gasteiger partial charge is 0.120 e. The molecule has 1 aromatic carbocycles. The van der Waals surface area contributed by atoms with E-state index in [-0.39, 0.29) is 5.41 Å². The van der Waals surface area contributed by atoms with E-state index in [9.17, 15) is 5.11 Å². The minimum atomic E-state index is 0.0280. The molecule has 0 saturated heterocycles. The van der Waals surface area contributed by atoms with Crippen molar-refractivity contribution in [3.8, 4) is 5.75 Å². The third-order valence-electron chi connectivity index (χ3n) is 4.32. The lowest BCUT2D eigenvalue weighted by atomic mass is 9.73. The normalized spacial score (nSPS) is 17.7. The third-order valence-corrected chi connectivity index (χ3v) is 4.32. The van der Waals surface area contributed by atoms with Gasteiger partial charge in [0, 0.05) is 12.1 Å². The highest BCUT2D eigenvalue weighted by Gasteiger charge is 2.27. The van der Waals surface area contributed by atoms with Crippen molar-refractivity contribution >= 4 is 0 Å². The molecule has 0 spiro atoms. The molecule has 1 aliphatic rings. The van der Waals surface area contributed by atoms with Crippen molar-refractivity contribution < 1.29 is 5.11 Å². The zero-order valence-corrected chi connectivity index (χ0v) is 12.5. The van der Waals surface area contributed by atoms with Crippen molar-refractivity contribution in [3.05, 3.63) is 28.8 Å². The average molecular weight is 261 g/mol. The van der Waals surface area contributed by atoms with Crippen LogP contribution in [0.15, 0.2) is 12.1 Å². The maximum absolute atomic E-state index is 10.1. The van der Waals surface area contributed by atoms with E-state index in [1.54, 1.807) is 0 Å². The molecular formula is C17H27NO. The molecule has 0 unspecified atom stereocenters. The van der Waals surface area contributed by atoms with Crippen LogP contribution in [0, 0.1) is 0 Å². The molecule has 1 aromatic rings. The van der Waals surface area contributed by atoms with Crippen molar-refractivity contribution in [3.63, 3.8) is 0 Å². The molecule has 2 rings (SSSR count). The van der Waals surface area contributed by atoms with Gasteiger partial charge in [0.1, 0.15) is 5.75 Å². The van der Waals surface area contributed by atoms with Gasteiger partial charge in [-0.1, -0.05) is 46.1 Å². The molecule has 0 heterocycles. The first-order valence-corrected chi connectivity index (χ1v) is 7.50. The predicted molar refractivity (Wildman–Crippen MR) is 80.5 cm³/mol. The monoisotopic (exact) mass is 261 g/mol. The Balaban J connectivity index is 2.53. The van der Waals surface area contributed by atoms with Gasteiger partial charge in [-0.15, -0.1) is 0 Å². The van der Waals surface area contributed by atoms with Gasteiger partial charge in [-0.3, -0.25) is 0 Å². The van der Waals surface area contributed by atoms with Gasteiger partial charge in [0.05, 0.1) is 0 Å². The van der Waals surface area contributed by atoms with Gasteiger partial charge < -0.3 is 10.8 Å². The predicted octanol–water partition coefficient (Wildman–Crippen LogP) is 4.20. The summed E-state index contributed by atoms with van der Waals surface area (Å²) < 4.78 is 0. The molecule has 0 aromatic heterocycles. The van der Waals surface area contributed by atoms with E-state index in [0.29, 0.717) is 18.2 Å². The first kappa shape index (κ1) is 14.4. The SMILES string of the molecule is CC(C)(C)c1c(C2CCCCC2)ccc(O)c1CN. The highest BCUT2D eigenvalue weighted by molar-refractivity contribution is 5.49. The maximum atomic E-state index is 10.1. The summed E-state index contributed by atoms with van der Waals surface area (Å²) in [7, 11) is 0. The molecular weight excluding hydrogens is 234 g/mol. The zero-order valence-electron chi connectivity index (χ0n) is 12.5. The van der Waals surface area contributed by atoms with Gasteiger partial charge in [0.2, 0.25) is 0 Å². The lowest BCUT2D eigenvalue weighted by molar-refractivity contribution is 0.428. The quantitative estimate of drug-likeness (QED) is 0.838. The zero-order chi connectivity index (χ0) is 14.0. The molecule has 1 aliphatic carbocycles. The van der Waals surface area contributed by atoms with Crippen LogP contribution in [0.3, 0.4) is 0 Å². The molecule has 106 valence electrons. The molecule has 3 N–H and O–H groups in total. The van der Waals surface area contributed by atoms with E-state index in [4.69, 9.17) is 5.73 Å². The molecule has 1 saturated carbocycles. The number of hydrogen-bond acceptors (Lipinski definition) is 2. The number of benzene rings is 1. The highest BCUT2D eigenvalue weighted by Crippen LogP contribution is 2.42. The van der Waals surface area contributed by atoms with Crippen LogP contribution in [0.4, 0.5) is 0 Å². The summed E-state index contributed by atoms with van der Waals surface area (Å²) >= 11 is 0. The standard InChI is InChI=1S/C17H27NO/c1-17(2,3)16-13(12-7-5-4-6-8-12)9-10-15(19)14(16)11-18/h9-10,12,19H,4-8,11,18H2,1-3H3. The summed E-state index contributed by atoms with van der Waals surface area (Å²) in [5.41, 5.74) is 9.56. The molecule has 0 radical (unpaired) electrons. The number of phenols is 1. The molecule has 0 atom stereocenters. The Morgan fingerprint density at radius 1 is 1.16 bits per heavy atom. The van der Waals surface area contributed by atoms with E-state index in [1.807, 2.05) is 6.07 Å². The second kappa shape index (κ2) is 5.54. The summed E-state index contributed by atoms with van der Waals surface area (Å²) in [5, 5.41) is 10.1. The van der Waals surface area contributed by atoms with Gasteiger partial charge in [-0.25, -0.2) is 0 Å². The second-order valence-corrected chi connectivity index (χ2v) is 6.82. The molecule has 0 amide bonds. The number of aromatic hydroxyl groups is 1. The Labute approximate surface area is 117 Å². The topological polar surface area (TPSA) is 46.2 Å². The Bertz CT molecular complexity index is 439. The number of nitrogens with two attached hydrogens (primary N) is 1. The average Bonchev–Trinajstić information content (AvgIpc) is 2.38. The summed E-state index contributed by atoms with van der Waals surface area (Å²) in [6.45, 7) is 7.06. The Morgan fingerprint density at radius 3 is 2.32 bits per heavy atom. The van der Waals surface area contributed by atoms with E-state index in [2.05, 4.69) is 26.8 Å². The number of phenolic OH excluding ortho intramolecular Hbond substituents is 1. The third kappa shape index (κ3) is 2.94. The van der Waals surface area contributed by atoms with Crippen LogP contribution in [-0.4, -0.2) is 5.11 Å². The minimum absolute atomic E-state index is 0.0280. The first-order chi connectivity index (χ1) is 8.95. The van der Waals surface area contributed by atoms with E-state index >= 15 is 0 Å². The van der Waals surface area contributed by atoms with E-state index < -0.39 is 0 Å². The van der Waals surface area contributed by atoms with Gasteiger partial charge in [0.25, 0.3) is 0 Å². The summed E-state index contributed by atoms with van der Waals surface area (Å²) in [5.74, 6) is 1.00. The van der Waals surface area contributed by atoms with Gasteiger partial charge in [-0.05, 0) is 41.4 Å². The molecule has 0 aliphatic heterocycles. The fourth-order valence-electron chi connectivity index (χ4n) is 3.50. The minimum Gasteiger partial charge on any atom is -0.508 e. The van der Waals surface area contributed by atoms with Crippen molar-refractivity contribution in [2.45, 2.75) is 70.8 Å². The molecule has 2 heteroatoms. The molecule has 2 nitrogen and oxygen atoms in total. The number of rotatable bonds is 2. The molecule has 1 fully saturated rings. The van der Waals surface area contributed by atoms with Gasteiger partial charge in [0.15, 0.2) is 0 Å². The van der Waals surface area contributed by atoms with Crippen LogP contribution < -0.4 is 5.73 Å². The lowest BCUT2D eigenvalue weighted by Gasteiger charge is -2.32. The van der Waals surface area contributed by atoms with E-state index in [0.717, 1.165) is 5.56 Å². The van der Waals surface area contributed by atoms with Crippen molar-refractivity contribution in [1.29, 1.82) is 0 Å². The Kier molecular flexibility index (Phi) is 4.19. The van der Waals surface area contributed by atoms with Crippen LogP contribution in [0.5, 0.6) is 5.75 Å². The summed E-state index contributed by atoms with van der Waals surface area (Å²) in [4.78, 5) is 0. The van der Waals surface area contributed by atoms with Crippen LogP contribution in [-0.2, 0) is 12.0 Å². The van der Waals surface area contributed by atoms with Crippen LogP contribution in [0.1, 0.15) is 75.5 Å².